The first kappa shape index (κ1) is 13.2. The molecule has 17 heavy (non-hydrogen) atoms. The fraction of sp³-hybridized carbons (Fsp3) is 0.333. The fourth-order valence-electron chi connectivity index (χ4n) is 1.44. The van der Waals surface area contributed by atoms with Gasteiger partial charge in [0.25, 0.3) is 0 Å². The number of methoxy groups -OCH3 is 1. The predicted molar refractivity (Wildman–Crippen MR) is 59.7 cm³/mol. The molecule has 0 aliphatic heterocycles. The second kappa shape index (κ2) is 5.98. The van der Waals surface area contributed by atoms with Gasteiger partial charge in [0.05, 0.1) is 7.11 Å². The molecule has 0 aliphatic rings. The average molecular weight is 239 g/mol. The lowest BCUT2D eigenvalue weighted by atomic mass is 10.1. The minimum atomic E-state index is -0.747. The van der Waals surface area contributed by atoms with Crippen LogP contribution in [0.15, 0.2) is 24.3 Å². The maximum Gasteiger partial charge on any atom is 0.328 e. The molecule has 4 nitrogen and oxygen atoms in total. The van der Waals surface area contributed by atoms with E-state index in [-0.39, 0.29) is 18.1 Å². The monoisotopic (exact) mass is 239 g/mol. The topological polar surface area (TPSA) is 55.4 Å². The number of hydrogen-bond donors (Lipinski definition) is 1. The van der Waals surface area contributed by atoms with Crippen LogP contribution in [0.1, 0.15) is 12.5 Å². The molecular formula is C12H14FNO3. The highest BCUT2D eigenvalue weighted by atomic mass is 19.1. The van der Waals surface area contributed by atoms with Crippen LogP contribution >= 0.6 is 0 Å². The number of carbonyl (C=O) groups is 2. The third kappa shape index (κ3) is 4.22. The van der Waals surface area contributed by atoms with Crippen molar-refractivity contribution in [3.63, 3.8) is 0 Å². The zero-order valence-corrected chi connectivity index (χ0v) is 9.70. The molecule has 0 fully saturated rings. The van der Waals surface area contributed by atoms with Crippen molar-refractivity contribution in [2.24, 2.45) is 0 Å². The van der Waals surface area contributed by atoms with Crippen LogP contribution in [-0.2, 0) is 20.7 Å². The van der Waals surface area contributed by atoms with E-state index in [1.807, 2.05) is 0 Å². The van der Waals surface area contributed by atoms with Gasteiger partial charge in [0.2, 0.25) is 5.91 Å². The molecule has 92 valence electrons. The van der Waals surface area contributed by atoms with Gasteiger partial charge in [-0.25, -0.2) is 9.18 Å². The molecule has 0 unspecified atom stereocenters. The molecule has 0 aromatic heterocycles. The van der Waals surface area contributed by atoms with Crippen molar-refractivity contribution in [2.75, 3.05) is 7.11 Å². The van der Waals surface area contributed by atoms with Crippen LogP contribution < -0.4 is 5.32 Å². The van der Waals surface area contributed by atoms with Crippen LogP contribution in [0.4, 0.5) is 4.39 Å². The molecule has 0 aliphatic carbocycles. The molecule has 1 amide bonds. The number of amides is 1. The van der Waals surface area contributed by atoms with Gasteiger partial charge < -0.3 is 10.1 Å². The molecule has 1 N–H and O–H groups in total. The van der Waals surface area contributed by atoms with Gasteiger partial charge in [-0.2, -0.15) is 0 Å². The lowest BCUT2D eigenvalue weighted by molar-refractivity contribution is -0.144. The first-order valence-corrected chi connectivity index (χ1v) is 5.12. The summed E-state index contributed by atoms with van der Waals surface area (Å²) >= 11 is 0. The third-order valence-electron chi connectivity index (χ3n) is 2.22. The minimum absolute atomic E-state index is 0.270. The molecular weight excluding hydrogens is 225 g/mol. The van der Waals surface area contributed by atoms with E-state index in [1.165, 1.54) is 26.2 Å². The average Bonchev–Trinajstić information content (AvgIpc) is 2.29. The largest absolute Gasteiger partial charge is 0.467 e. The third-order valence-corrected chi connectivity index (χ3v) is 2.22. The van der Waals surface area contributed by atoms with Crippen molar-refractivity contribution < 1.29 is 18.7 Å². The van der Waals surface area contributed by atoms with Crippen LogP contribution in [0.3, 0.4) is 0 Å². The van der Waals surface area contributed by atoms with E-state index in [0.29, 0.717) is 0 Å². The molecule has 0 heterocycles. The maximum absolute atomic E-state index is 12.7. The van der Waals surface area contributed by atoms with E-state index in [4.69, 9.17) is 0 Å². The molecule has 1 aromatic carbocycles. The Morgan fingerprint density at radius 2 is 1.94 bits per heavy atom. The number of benzene rings is 1. The predicted octanol–water partition coefficient (Wildman–Crippen LogP) is 1.05. The van der Waals surface area contributed by atoms with Crippen LogP contribution in [0, 0.1) is 5.82 Å². The Labute approximate surface area is 98.8 Å². The van der Waals surface area contributed by atoms with Crippen molar-refractivity contribution in [3.05, 3.63) is 35.6 Å². The second-order valence-corrected chi connectivity index (χ2v) is 3.61. The first-order valence-electron chi connectivity index (χ1n) is 5.12. The summed E-state index contributed by atoms with van der Waals surface area (Å²) in [6.45, 7) is 1.32. The van der Waals surface area contributed by atoms with Gasteiger partial charge in [0.1, 0.15) is 11.9 Å². The quantitative estimate of drug-likeness (QED) is 0.799. The van der Waals surface area contributed by atoms with Gasteiger partial charge in [-0.05, 0) is 17.7 Å². The SMILES string of the molecule is COC(=O)[C@@H](Cc1ccc(F)cc1)NC(C)=O. The molecule has 5 heteroatoms. The van der Waals surface area contributed by atoms with Crippen LogP contribution in [0.5, 0.6) is 0 Å². The summed E-state index contributed by atoms with van der Waals surface area (Å²) in [6, 6.07) is 4.98. The molecule has 0 spiro atoms. The van der Waals surface area contributed by atoms with Gasteiger partial charge in [-0.15, -0.1) is 0 Å². The standard InChI is InChI=1S/C12H14FNO3/c1-8(15)14-11(12(16)17-2)7-9-3-5-10(13)6-4-9/h3-6,11H,7H2,1-2H3,(H,14,15)/t11-/m1/s1. The summed E-state index contributed by atoms with van der Waals surface area (Å²) in [5.41, 5.74) is 0.746. The van der Waals surface area contributed by atoms with Crippen molar-refractivity contribution in [1.82, 2.24) is 5.32 Å². The Hall–Kier alpha value is -1.91. The van der Waals surface area contributed by atoms with E-state index in [0.717, 1.165) is 5.56 Å². The fourth-order valence-corrected chi connectivity index (χ4v) is 1.44. The molecule has 0 bridgehead atoms. The summed E-state index contributed by atoms with van der Waals surface area (Å²) in [4.78, 5) is 22.3. The Morgan fingerprint density at radius 3 is 2.41 bits per heavy atom. The van der Waals surface area contributed by atoms with Gasteiger partial charge in [-0.3, -0.25) is 4.79 Å². The van der Waals surface area contributed by atoms with Crippen LogP contribution in [0.25, 0.3) is 0 Å². The second-order valence-electron chi connectivity index (χ2n) is 3.61. The summed E-state index contributed by atoms with van der Waals surface area (Å²) in [6.07, 6.45) is 0.270. The Kier molecular flexibility index (Phi) is 4.63. The molecule has 1 rings (SSSR count). The highest BCUT2D eigenvalue weighted by molar-refractivity contribution is 5.83. The van der Waals surface area contributed by atoms with Gasteiger partial charge in [0, 0.05) is 13.3 Å². The van der Waals surface area contributed by atoms with Crippen LogP contribution in [-0.4, -0.2) is 25.0 Å². The van der Waals surface area contributed by atoms with E-state index in [1.54, 1.807) is 12.1 Å². The van der Waals surface area contributed by atoms with Gasteiger partial charge in [0.15, 0.2) is 0 Å². The number of esters is 1. The number of rotatable bonds is 4. The lowest BCUT2D eigenvalue weighted by Gasteiger charge is -2.15. The normalized spacial score (nSPS) is 11.7. The van der Waals surface area contributed by atoms with E-state index in [9.17, 15) is 14.0 Å². The molecule has 1 aromatic rings. The first-order chi connectivity index (χ1) is 8.02. The van der Waals surface area contributed by atoms with Crippen molar-refractivity contribution in [2.45, 2.75) is 19.4 Å². The maximum atomic E-state index is 12.7. The van der Waals surface area contributed by atoms with Gasteiger partial charge >= 0.3 is 5.97 Å². The molecule has 0 radical (unpaired) electrons. The molecule has 0 saturated heterocycles. The Morgan fingerprint density at radius 1 is 1.35 bits per heavy atom. The number of ether oxygens (including phenoxy) is 1. The zero-order valence-electron chi connectivity index (χ0n) is 9.70. The van der Waals surface area contributed by atoms with Crippen molar-refractivity contribution >= 4 is 11.9 Å². The summed E-state index contributed by atoms with van der Waals surface area (Å²) in [5.74, 6) is -1.19. The van der Waals surface area contributed by atoms with E-state index >= 15 is 0 Å². The van der Waals surface area contributed by atoms with Gasteiger partial charge in [-0.1, -0.05) is 12.1 Å². The molecule has 1 atom stereocenters. The summed E-state index contributed by atoms with van der Waals surface area (Å²) in [5, 5.41) is 2.49. The van der Waals surface area contributed by atoms with Crippen molar-refractivity contribution in [1.29, 1.82) is 0 Å². The molecule has 0 saturated carbocycles. The summed E-state index contributed by atoms with van der Waals surface area (Å²) in [7, 11) is 1.25. The van der Waals surface area contributed by atoms with E-state index in [2.05, 4.69) is 10.1 Å². The zero-order chi connectivity index (χ0) is 12.8. The number of hydrogen-bond acceptors (Lipinski definition) is 3. The van der Waals surface area contributed by atoms with Crippen LogP contribution in [0.2, 0.25) is 0 Å². The van der Waals surface area contributed by atoms with Crippen molar-refractivity contribution in [3.8, 4) is 0 Å². The highest BCUT2D eigenvalue weighted by Gasteiger charge is 2.20. The smallest absolute Gasteiger partial charge is 0.328 e. The van der Waals surface area contributed by atoms with E-state index < -0.39 is 12.0 Å². The highest BCUT2D eigenvalue weighted by Crippen LogP contribution is 2.06. The Balaban J connectivity index is 2.75. The summed E-state index contributed by atoms with van der Waals surface area (Å²) < 4.78 is 17.3. The lowest BCUT2D eigenvalue weighted by Crippen LogP contribution is -2.41. The number of halogens is 1. The minimum Gasteiger partial charge on any atom is -0.467 e. The number of nitrogens with one attached hydrogen (secondary N) is 1. The number of carbonyl (C=O) groups excluding carboxylic acids is 2. The Bertz CT molecular complexity index is 403.